The number of nitro groups is 1. The van der Waals surface area contributed by atoms with Gasteiger partial charge in [-0.1, -0.05) is 6.07 Å². The summed E-state index contributed by atoms with van der Waals surface area (Å²) in [7, 11) is 0. The van der Waals surface area contributed by atoms with Crippen molar-refractivity contribution in [3.63, 3.8) is 0 Å². The lowest BCUT2D eigenvalue weighted by atomic mass is 10.1. The zero-order valence-electron chi connectivity index (χ0n) is 13.7. The number of Topliss-reactive ketones (excluding diaryl/α,β-unsaturated/α-hetero) is 1. The fourth-order valence-corrected chi connectivity index (χ4v) is 3.09. The number of piperazine rings is 1. The maximum Gasteiger partial charge on any atom is 0.412 e. The number of carboxylic acid groups (broad SMARTS) is 1. The third-order valence-electron chi connectivity index (χ3n) is 4.77. The normalized spacial score (nSPS) is 25.4. The predicted molar refractivity (Wildman–Crippen MR) is 85.0 cm³/mol. The van der Waals surface area contributed by atoms with E-state index in [1.54, 1.807) is 29.4 Å². The lowest BCUT2D eigenvalue weighted by Crippen LogP contribution is -2.64. The molecule has 1 saturated heterocycles. The summed E-state index contributed by atoms with van der Waals surface area (Å²) in [6, 6.07) is 4.71. The number of carbonyl (C=O) groups is 2. The molecule has 2 unspecified atom stereocenters. The monoisotopic (exact) mass is 349 g/mol. The summed E-state index contributed by atoms with van der Waals surface area (Å²) >= 11 is 0. The molecule has 2 N–H and O–H groups in total. The van der Waals surface area contributed by atoms with Crippen LogP contribution in [-0.4, -0.2) is 61.6 Å². The summed E-state index contributed by atoms with van der Waals surface area (Å²) in [4.78, 5) is 39.1. The molecule has 2 aliphatic rings. The fourth-order valence-electron chi connectivity index (χ4n) is 3.09. The first-order valence-electron chi connectivity index (χ1n) is 7.93. The lowest BCUT2D eigenvalue weighted by Gasteiger charge is -2.42. The van der Waals surface area contributed by atoms with Crippen LogP contribution in [0, 0.1) is 10.1 Å². The molecule has 2 heterocycles. The summed E-state index contributed by atoms with van der Waals surface area (Å²) in [5.74, 6) is -0.0365. The predicted octanol–water partition coefficient (Wildman–Crippen LogP) is 0.647. The molecule has 10 heteroatoms. The molecule has 1 aliphatic carbocycles. The van der Waals surface area contributed by atoms with Crippen LogP contribution >= 0.6 is 0 Å². The van der Waals surface area contributed by atoms with E-state index in [2.05, 4.69) is 10.4 Å². The topological polar surface area (TPSA) is 129 Å². The van der Waals surface area contributed by atoms with Gasteiger partial charge >= 0.3 is 12.3 Å². The van der Waals surface area contributed by atoms with Crippen LogP contribution in [0.4, 0.5) is 4.79 Å². The summed E-state index contributed by atoms with van der Waals surface area (Å²) < 4.78 is 0. The molecule has 0 spiro atoms. The second kappa shape index (κ2) is 6.37. The Kier molecular flexibility index (Phi) is 4.39. The average molecular weight is 349 g/mol. The van der Waals surface area contributed by atoms with Crippen LogP contribution in [-0.2, 0) is 4.79 Å². The summed E-state index contributed by atoms with van der Waals surface area (Å²) in [6.07, 6.45) is 0.123. The molecule has 10 nitrogen and oxygen atoms in total. The van der Waals surface area contributed by atoms with Gasteiger partial charge in [-0.3, -0.25) is 19.9 Å². The highest BCUT2D eigenvalue weighted by atomic mass is 16.6. The highest BCUT2D eigenvalue weighted by Gasteiger charge is 2.52. The van der Waals surface area contributed by atoms with Crippen molar-refractivity contribution in [1.29, 1.82) is 0 Å². The van der Waals surface area contributed by atoms with Crippen molar-refractivity contribution in [3.05, 3.63) is 40.2 Å². The van der Waals surface area contributed by atoms with Gasteiger partial charge in [-0.25, -0.2) is 20.1 Å². The standard InChI is InChI=1S/C15H19N5O5/c1-10(21)15(5-6-15)17-19-9-13(20(24)25)18(14(22)23)8-12(19)11-4-2-3-7-16-11/h2-4,7,12-13,17H,5-6,8-9H2,1H3,(H,22,23). The zero-order chi connectivity index (χ0) is 18.2. The SMILES string of the molecule is CC(=O)C1(NN2CC([N+](=O)[O-])N(C(=O)O)CC2c2ccccn2)CC1. The number of hydrogen-bond donors (Lipinski definition) is 2. The molecule has 1 amide bonds. The number of aromatic nitrogens is 1. The first-order valence-corrected chi connectivity index (χ1v) is 7.93. The molecule has 134 valence electrons. The summed E-state index contributed by atoms with van der Waals surface area (Å²) in [5, 5.41) is 22.3. The molecule has 1 aliphatic heterocycles. The van der Waals surface area contributed by atoms with Crippen LogP contribution in [0.15, 0.2) is 24.4 Å². The Bertz CT molecular complexity index is 693. The van der Waals surface area contributed by atoms with Gasteiger partial charge in [0.25, 0.3) is 0 Å². The van der Waals surface area contributed by atoms with E-state index in [4.69, 9.17) is 0 Å². The highest BCUT2D eigenvalue weighted by Crippen LogP contribution is 2.38. The molecule has 0 bridgehead atoms. The van der Waals surface area contributed by atoms with Crippen molar-refractivity contribution in [2.45, 2.75) is 37.5 Å². The second-order valence-electron chi connectivity index (χ2n) is 6.37. The number of hydrogen-bond acceptors (Lipinski definition) is 7. The van der Waals surface area contributed by atoms with Gasteiger partial charge in [0.1, 0.15) is 6.54 Å². The third kappa shape index (κ3) is 3.30. The van der Waals surface area contributed by atoms with Gasteiger partial charge < -0.3 is 5.11 Å². The fraction of sp³-hybridized carbons (Fsp3) is 0.533. The first kappa shape index (κ1) is 17.2. The Morgan fingerprint density at radius 3 is 2.60 bits per heavy atom. The van der Waals surface area contributed by atoms with Gasteiger partial charge in [-0.15, -0.1) is 0 Å². The zero-order valence-corrected chi connectivity index (χ0v) is 13.7. The van der Waals surface area contributed by atoms with Crippen molar-refractivity contribution in [2.24, 2.45) is 0 Å². The van der Waals surface area contributed by atoms with E-state index in [9.17, 15) is 24.8 Å². The van der Waals surface area contributed by atoms with Gasteiger partial charge in [0.2, 0.25) is 0 Å². The Morgan fingerprint density at radius 1 is 1.40 bits per heavy atom. The van der Waals surface area contributed by atoms with E-state index in [1.807, 2.05) is 0 Å². The van der Waals surface area contributed by atoms with Gasteiger partial charge in [-0.2, -0.15) is 0 Å². The number of rotatable bonds is 5. The highest BCUT2D eigenvalue weighted by molar-refractivity contribution is 5.89. The number of nitrogens with zero attached hydrogens (tertiary/aromatic N) is 4. The van der Waals surface area contributed by atoms with E-state index in [0.29, 0.717) is 18.5 Å². The van der Waals surface area contributed by atoms with E-state index in [0.717, 1.165) is 4.90 Å². The van der Waals surface area contributed by atoms with Crippen LogP contribution in [0.1, 0.15) is 31.5 Å². The molecule has 0 radical (unpaired) electrons. The Balaban J connectivity index is 1.92. The molecule has 0 aromatic carbocycles. The van der Waals surface area contributed by atoms with Gasteiger partial charge in [0.05, 0.1) is 23.8 Å². The van der Waals surface area contributed by atoms with Crippen molar-refractivity contribution < 1.29 is 19.6 Å². The molecular formula is C15H19N5O5. The van der Waals surface area contributed by atoms with Crippen molar-refractivity contribution in [1.82, 2.24) is 20.3 Å². The number of pyridine rings is 1. The van der Waals surface area contributed by atoms with E-state index in [1.165, 1.54) is 6.92 Å². The van der Waals surface area contributed by atoms with E-state index < -0.39 is 28.8 Å². The van der Waals surface area contributed by atoms with Gasteiger partial charge in [0, 0.05) is 11.1 Å². The summed E-state index contributed by atoms with van der Waals surface area (Å²) in [6.45, 7) is 1.20. The minimum atomic E-state index is -1.41. The van der Waals surface area contributed by atoms with Crippen LogP contribution in [0.5, 0.6) is 0 Å². The van der Waals surface area contributed by atoms with Crippen molar-refractivity contribution in [3.8, 4) is 0 Å². The van der Waals surface area contributed by atoms with E-state index in [-0.39, 0.29) is 18.9 Å². The number of hydrazine groups is 1. The number of ketones is 1. The first-order chi connectivity index (χ1) is 11.8. The number of carbonyl (C=O) groups excluding carboxylic acids is 1. The molecule has 2 fully saturated rings. The molecule has 3 rings (SSSR count). The molecule has 1 aromatic rings. The van der Waals surface area contributed by atoms with Crippen LogP contribution in [0.3, 0.4) is 0 Å². The molecule has 1 aromatic heterocycles. The van der Waals surface area contributed by atoms with Crippen molar-refractivity contribution in [2.75, 3.05) is 13.1 Å². The van der Waals surface area contributed by atoms with Crippen LogP contribution < -0.4 is 5.43 Å². The second-order valence-corrected chi connectivity index (χ2v) is 6.37. The van der Waals surface area contributed by atoms with Crippen LogP contribution in [0.2, 0.25) is 0 Å². The van der Waals surface area contributed by atoms with Gasteiger partial charge in [-0.05, 0) is 31.9 Å². The Labute approximate surface area is 143 Å². The summed E-state index contributed by atoms with van der Waals surface area (Å²) in [5.41, 5.74) is 3.00. The number of amides is 1. The van der Waals surface area contributed by atoms with Crippen LogP contribution in [0.25, 0.3) is 0 Å². The largest absolute Gasteiger partial charge is 0.465 e. The quantitative estimate of drug-likeness (QED) is 0.585. The molecular weight excluding hydrogens is 330 g/mol. The molecule has 2 atom stereocenters. The smallest absolute Gasteiger partial charge is 0.412 e. The third-order valence-corrected chi connectivity index (χ3v) is 4.77. The van der Waals surface area contributed by atoms with Crippen molar-refractivity contribution >= 4 is 11.9 Å². The Hall–Kier alpha value is -2.59. The van der Waals surface area contributed by atoms with Gasteiger partial charge in [0.15, 0.2) is 5.78 Å². The maximum absolute atomic E-state index is 11.9. The average Bonchev–Trinajstić information content (AvgIpc) is 3.36. The molecule has 1 saturated carbocycles. The maximum atomic E-state index is 11.9. The van der Waals surface area contributed by atoms with E-state index >= 15 is 0 Å². The number of nitrogens with one attached hydrogen (secondary N) is 1. The Morgan fingerprint density at radius 2 is 2.12 bits per heavy atom. The molecule has 25 heavy (non-hydrogen) atoms. The minimum absolute atomic E-state index is 0.0365. The lowest BCUT2D eigenvalue weighted by molar-refractivity contribution is -0.552. The minimum Gasteiger partial charge on any atom is -0.465 e.